The number of para-hydroxylation sites is 1. The maximum Gasteiger partial charge on any atom is 0.257 e. The molecule has 0 spiro atoms. The number of anilines is 1. The quantitative estimate of drug-likeness (QED) is 0.684. The Labute approximate surface area is 146 Å². The van der Waals surface area contributed by atoms with E-state index in [1.165, 1.54) is 12.1 Å². The first-order chi connectivity index (χ1) is 11.6. The number of carbonyl (C=O) groups excluding carboxylic acids is 1. The summed E-state index contributed by atoms with van der Waals surface area (Å²) >= 11 is 3.24. The number of ether oxygens (including phenoxy) is 1. The molecule has 3 rings (SSSR count). The normalized spacial score (nSPS) is 10.2. The number of halogens is 2. The van der Waals surface area contributed by atoms with E-state index in [9.17, 15) is 9.18 Å². The van der Waals surface area contributed by atoms with Crippen LogP contribution in [0.5, 0.6) is 11.6 Å². The molecule has 4 nitrogen and oxygen atoms in total. The zero-order chi connectivity index (χ0) is 16.9. The standard InChI is InChI=1S/C18H12BrFN2O2/c19-15-9-8-12(20)11-14(15)17(23)22-16-7-4-10-21-18(16)24-13-5-2-1-3-6-13/h1-11H,(H,22,23). The van der Waals surface area contributed by atoms with Gasteiger partial charge in [0, 0.05) is 10.7 Å². The summed E-state index contributed by atoms with van der Waals surface area (Å²) < 4.78 is 19.6. The third kappa shape index (κ3) is 3.78. The molecule has 0 radical (unpaired) electrons. The van der Waals surface area contributed by atoms with Crippen LogP contribution in [0.2, 0.25) is 0 Å². The Morgan fingerprint density at radius 3 is 2.67 bits per heavy atom. The topological polar surface area (TPSA) is 51.2 Å². The van der Waals surface area contributed by atoms with Gasteiger partial charge in [-0.25, -0.2) is 9.37 Å². The summed E-state index contributed by atoms with van der Waals surface area (Å²) in [6, 6.07) is 16.4. The highest BCUT2D eigenvalue weighted by molar-refractivity contribution is 9.10. The predicted molar refractivity (Wildman–Crippen MR) is 92.8 cm³/mol. The van der Waals surface area contributed by atoms with Gasteiger partial charge in [-0.15, -0.1) is 0 Å². The number of hydrogen-bond donors (Lipinski definition) is 1. The van der Waals surface area contributed by atoms with Crippen LogP contribution < -0.4 is 10.1 Å². The molecule has 1 N–H and O–H groups in total. The van der Waals surface area contributed by atoms with Crippen molar-refractivity contribution < 1.29 is 13.9 Å². The van der Waals surface area contributed by atoms with Gasteiger partial charge in [0.1, 0.15) is 17.3 Å². The Kier molecular flexibility index (Phi) is 4.86. The number of pyridine rings is 1. The van der Waals surface area contributed by atoms with E-state index in [-0.39, 0.29) is 11.4 Å². The van der Waals surface area contributed by atoms with Crippen LogP contribution in [0, 0.1) is 5.82 Å². The minimum absolute atomic E-state index is 0.185. The Morgan fingerprint density at radius 2 is 1.88 bits per heavy atom. The van der Waals surface area contributed by atoms with Crippen molar-refractivity contribution in [2.75, 3.05) is 5.32 Å². The predicted octanol–water partition coefficient (Wildman–Crippen LogP) is 5.03. The summed E-state index contributed by atoms with van der Waals surface area (Å²) in [4.78, 5) is 16.5. The van der Waals surface area contributed by atoms with Crippen LogP contribution in [0.4, 0.5) is 10.1 Å². The van der Waals surface area contributed by atoms with Crippen molar-refractivity contribution in [1.29, 1.82) is 0 Å². The number of aromatic nitrogens is 1. The second kappa shape index (κ2) is 7.23. The van der Waals surface area contributed by atoms with Crippen LogP contribution in [0.15, 0.2) is 71.3 Å². The molecule has 120 valence electrons. The Hall–Kier alpha value is -2.73. The Bertz CT molecular complexity index is 872. The summed E-state index contributed by atoms with van der Waals surface area (Å²) in [7, 11) is 0. The van der Waals surface area contributed by atoms with Gasteiger partial charge in [0.25, 0.3) is 5.91 Å². The molecule has 0 aliphatic heterocycles. The smallest absolute Gasteiger partial charge is 0.257 e. The molecular weight excluding hydrogens is 375 g/mol. The third-order valence-electron chi connectivity index (χ3n) is 3.15. The van der Waals surface area contributed by atoms with E-state index in [1.807, 2.05) is 18.2 Å². The van der Waals surface area contributed by atoms with Crippen molar-refractivity contribution in [3.8, 4) is 11.6 Å². The molecule has 0 saturated carbocycles. The number of carbonyl (C=O) groups is 1. The molecule has 2 aromatic carbocycles. The van der Waals surface area contributed by atoms with E-state index < -0.39 is 11.7 Å². The summed E-state index contributed by atoms with van der Waals surface area (Å²) in [5.74, 6) is -0.106. The second-order valence-electron chi connectivity index (χ2n) is 4.85. The average Bonchev–Trinajstić information content (AvgIpc) is 2.59. The molecule has 0 aliphatic rings. The van der Waals surface area contributed by atoms with Gasteiger partial charge in [-0.1, -0.05) is 18.2 Å². The molecule has 1 heterocycles. The molecule has 0 bridgehead atoms. The van der Waals surface area contributed by atoms with Crippen molar-refractivity contribution in [3.05, 3.63) is 82.7 Å². The minimum Gasteiger partial charge on any atom is -0.437 e. The monoisotopic (exact) mass is 386 g/mol. The largest absolute Gasteiger partial charge is 0.437 e. The number of amides is 1. The van der Waals surface area contributed by atoms with Gasteiger partial charge in [0.2, 0.25) is 5.88 Å². The van der Waals surface area contributed by atoms with Gasteiger partial charge in [-0.2, -0.15) is 0 Å². The van der Waals surface area contributed by atoms with Gasteiger partial charge in [-0.05, 0) is 58.4 Å². The van der Waals surface area contributed by atoms with Crippen LogP contribution in [0.1, 0.15) is 10.4 Å². The first kappa shape index (κ1) is 16.1. The van der Waals surface area contributed by atoms with Gasteiger partial charge in [0.15, 0.2) is 0 Å². The van der Waals surface area contributed by atoms with Gasteiger partial charge in [-0.3, -0.25) is 4.79 Å². The fourth-order valence-corrected chi connectivity index (χ4v) is 2.46. The minimum atomic E-state index is -0.490. The first-order valence-corrected chi connectivity index (χ1v) is 7.87. The fraction of sp³-hybridized carbons (Fsp3) is 0. The Morgan fingerprint density at radius 1 is 1.08 bits per heavy atom. The van der Waals surface area contributed by atoms with Gasteiger partial charge < -0.3 is 10.1 Å². The van der Waals surface area contributed by atoms with Crippen molar-refractivity contribution in [3.63, 3.8) is 0 Å². The second-order valence-corrected chi connectivity index (χ2v) is 5.70. The highest BCUT2D eigenvalue weighted by Crippen LogP contribution is 2.28. The van der Waals surface area contributed by atoms with E-state index in [4.69, 9.17) is 4.74 Å². The summed E-state index contributed by atoms with van der Waals surface area (Å²) in [6.07, 6.45) is 1.56. The third-order valence-corrected chi connectivity index (χ3v) is 3.84. The number of rotatable bonds is 4. The van der Waals surface area contributed by atoms with Crippen molar-refractivity contribution >= 4 is 27.5 Å². The van der Waals surface area contributed by atoms with Crippen LogP contribution >= 0.6 is 15.9 Å². The molecule has 3 aromatic rings. The van der Waals surface area contributed by atoms with Crippen molar-refractivity contribution in [2.45, 2.75) is 0 Å². The highest BCUT2D eigenvalue weighted by atomic mass is 79.9. The molecule has 0 atom stereocenters. The molecular formula is C18H12BrFN2O2. The maximum absolute atomic E-state index is 13.4. The highest BCUT2D eigenvalue weighted by Gasteiger charge is 2.14. The fourth-order valence-electron chi connectivity index (χ4n) is 2.03. The van der Waals surface area contributed by atoms with Crippen LogP contribution in [-0.4, -0.2) is 10.9 Å². The molecule has 1 aromatic heterocycles. The lowest BCUT2D eigenvalue weighted by atomic mass is 10.2. The molecule has 0 unspecified atom stereocenters. The molecule has 0 saturated heterocycles. The summed E-state index contributed by atoms with van der Waals surface area (Å²) in [6.45, 7) is 0. The van der Waals surface area contributed by atoms with E-state index in [0.717, 1.165) is 6.07 Å². The molecule has 6 heteroatoms. The van der Waals surface area contributed by atoms with Gasteiger partial charge in [0.05, 0.1) is 5.56 Å². The number of nitrogens with zero attached hydrogens (tertiary/aromatic N) is 1. The van der Waals surface area contributed by atoms with E-state index in [0.29, 0.717) is 15.9 Å². The molecule has 0 fully saturated rings. The summed E-state index contributed by atoms with van der Waals surface area (Å²) in [5, 5.41) is 2.69. The number of hydrogen-bond acceptors (Lipinski definition) is 3. The first-order valence-electron chi connectivity index (χ1n) is 7.08. The SMILES string of the molecule is O=C(Nc1cccnc1Oc1ccccc1)c1cc(F)ccc1Br. The maximum atomic E-state index is 13.4. The zero-order valence-electron chi connectivity index (χ0n) is 12.4. The van der Waals surface area contributed by atoms with E-state index in [2.05, 4.69) is 26.2 Å². The van der Waals surface area contributed by atoms with Crippen molar-refractivity contribution in [2.24, 2.45) is 0 Å². The van der Waals surface area contributed by atoms with Crippen LogP contribution in [0.3, 0.4) is 0 Å². The lowest BCUT2D eigenvalue weighted by Crippen LogP contribution is -2.14. The number of nitrogens with one attached hydrogen (secondary N) is 1. The lowest BCUT2D eigenvalue weighted by Gasteiger charge is -2.11. The molecule has 0 aliphatic carbocycles. The lowest BCUT2D eigenvalue weighted by molar-refractivity contribution is 0.102. The average molecular weight is 387 g/mol. The van der Waals surface area contributed by atoms with E-state index in [1.54, 1.807) is 30.5 Å². The Balaban J connectivity index is 1.85. The zero-order valence-corrected chi connectivity index (χ0v) is 14.0. The molecule has 24 heavy (non-hydrogen) atoms. The van der Waals surface area contributed by atoms with Crippen LogP contribution in [0.25, 0.3) is 0 Å². The summed E-state index contributed by atoms with van der Waals surface area (Å²) in [5.41, 5.74) is 0.576. The van der Waals surface area contributed by atoms with E-state index >= 15 is 0 Å². The van der Waals surface area contributed by atoms with Crippen LogP contribution in [-0.2, 0) is 0 Å². The number of benzene rings is 2. The van der Waals surface area contributed by atoms with Crippen molar-refractivity contribution in [1.82, 2.24) is 4.98 Å². The molecule has 1 amide bonds. The van der Waals surface area contributed by atoms with Gasteiger partial charge >= 0.3 is 0 Å².